The van der Waals surface area contributed by atoms with Gasteiger partial charge in [-0.3, -0.25) is 4.79 Å². The van der Waals surface area contributed by atoms with Gasteiger partial charge in [0.1, 0.15) is 5.60 Å². The molecule has 0 spiro atoms. The normalized spacial score (nSPS) is 20.0. The third kappa shape index (κ3) is 5.27. The van der Waals surface area contributed by atoms with E-state index in [0.717, 1.165) is 16.7 Å². The molecular formula is C28H38N2O4. The Hall–Kier alpha value is -2.86. The Balaban J connectivity index is 1.81. The molecule has 2 aromatic carbocycles. The predicted molar refractivity (Wildman–Crippen MR) is 133 cm³/mol. The highest BCUT2D eigenvalue weighted by Crippen LogP contribution is 2.42. The first-order chi connectivity index (χ1) is 15.8. The zero-order valence-electron chi connectivity index (χ0n) is 21.5. The van der Waals surface area contributed by atoms with Crippen molar-refractivity contribution in [1.29, 1.82) is 0 Å². The summed E-state index contributed by atoms with van der Waals surface area (Å²) >= 11 is 0. The van der Waals surface area contributed by atoms with Gasteiger partial charge in [-0.1, -0.05) is 54.6 Å². The lowest BCUT2D eigenvalue weighted by molar-refractivity contribution is -0.133. The molecule has 2 aromatic rings. The quantitative estimate of drug-likeness (QED) is 0.623. The molecule has 0 bridgehead atoms. The minimum atomic E-state index is -0.990. The molecule has 1 fully saturated rings. The first-order valence-electron chi connectivity index (χ1n) is 11.9. The number of cyclic esters (lactones) is 1. The third-order valence-electron chi connectivity index (χ3n) is 6.81. The molecule has 34 heavy (non-hydrogen) atoms. The van der Waals surface area contributed by atoms with Crippen LogP contribution < -0.4 is 0 Å². The Labute approximate surface area is 203 Å². The van der Waals surface area contributed by atoms with Crippen LogP contribution in [0.15, 0.2) is 54.6 Å². The Bertz CT molecular complexity index is 1010. The van der Waals surface area contributed by atoms with Crippen LogP contribution in [0, 0.1) is 0 Å². The average Bonchev–Trinajstić information content (AvgIpc) is 2.77. The van der Waals surface area contributed by atoms with E-state index in [0.29, 0.717) is 19.4 Å². The number of ether oxygens (including phenoxy) is 1. The molecule has 1 saturated heterocycles. The number of carbonyl (C=O) groups is 2. The second-order valence-electron chi connectivity index (χ2n) is 10.8. The molecule has 0 aromatic heterocycles. The highest BCUT2D eigenvalue weighted by molar-refractivity contribution is 5.87. The SMILES string of the molecule is C[C@@H](c1ccc(C(C)(C)C(=O)N(C)C)cc1)N1CC[C@](CC(C)(C)O)(c2ccccc2)OC1=O. The maximum Gasteiger partial charge on any atom is 0.411 e. The number of aliphatic hydroxyl groups is 1. The molecule has 2 atom stereocenters. The average molecular weight is 467 g/mol. The van der Waals surface area contributed by atoms with Crippen LogP contribution in [-0.4, -0.2) is 53.1 Å². The fourth-order valence-electron chi connectivity index (χ4n) is 4.93. The number of likely N-dealkylation sites (N-methyl/N-ethyl adjacent to an activating group) is 1. The van der Waals surface area contributed by atoms with Gasteiger partial charge in [0.05, 0.1) is 17.1 Å². The third-order valence-corrected chi connectivity index (χ3v) is 6.81. The number of benzene rings is 2. The second kappa shape index (κ2) is 9.41. The zero-order valence-corrected chi connectivity index (χ0v) is 21.5. The monoisotopic (exact) mass is 466 g/mol. The maximum atomic E-state index is 13.2. The molecular weight excluding hydrogens is 428 g/mol. The lowest BCUT2D eigenvalue weighted by Crippen LogP contribution is -2.51. The lowest BCUT2D eigenvalue weighted by Gasteiger charge is -2.45. The highest BCUT2D eigenvalue weighted by atomic mass is 16.6. The van der Waals surface area contributed by atoms with Crippen molar-refractivity contribution in [2.45, 2.75) is 70.1 Å². The molecule has 0 unspecified atom stereocenters. The van der Waals surface area contributed by atoms with Gasteiger partial charge in [-0.2, -0.15) is 0 Å². The van der Waals surface area contributed by atoms with E-state index in [1.165, 1.54) is 0 Å². The number of hydrogen-bond donors (Lipinski definition) is 1. The molecule has 3 rings (SSSR count). The van der Waals surface area contributed by atoms with Crippen molar-refractivity contribution in [2.24, 2.45) is 0 Å². The summed E-state index contributed by atoms with van der Waals surface area (Å²) in [4.78, 5) is 29.2. The van der Waals surface area contributed by atoms with Gasteiger partial charge >= 0.3 is 6.09 Å². The van der Waals surface area contributed by atoms with Gasteiger partial charge in [-0.25, -0.2) is 4.79 Å². The maximum absolute atomic E-state index is 13.2. The van der Waals surface area contributed by atoms with E-state index in [1.807, 2.05) is 75.4 Å². The summed E-state index contributed by atoms with van der Waals surface area (Å²) in [7, 11) is 3.52. The summed E-state index contributed by atoms with van der Waals surface area (Å²) in [5, 5.41) is 10.6. The van der Waals surface area contributed by atoms with Gasteiger partial charge in [-0.05, 0) is 51.3 Å². The molecule has 1 heterocycles. The Morgan fingerprint density at radius 2 is 1.68 bits per heavy atom. The summed E-state index contributed by atoms with van der Waals surface area (Å²) < 4.78 is 6.10. The van der Waals surface area contributed by atoms with Crippen LogP contribution in [0.3, 0.4) is 0 Å². The van der Waals surface area contributed by atoms with Crippen LogP contribution >= 0.6 is 0 Å². The molecule has 0 radical (unpaired) electrons. The molecule has 2 amide bonds. The molecule has 184 valence electrons. The second-order valence-corrected chi connectivity index (χ2v) is 10.8. The zero-order chi connectivity index (χ0) is 25.3. The van der Waals surface area contributed by atoms with E-state index >= 15 is 0 Å². The van der Waals surface area contributed by atoms with Crippen LogP contribution in [-0.2, 0) is 20.5 Å². The van der Waals surface area contributed by atoms with Crippen LogP contribution in [0.2, 0.25) is 0 Å². The predicted octanol–water partition coefficient (Wildman–Crippen LogP) is 5.01. The van der Waals surface area contributed by atoms with E-state index in [4.69, 9.17) is 4.74 Å². The van der Waals surface area contributed by atoms with Gasteiger partial charge in [0.15, 0.2) is 0 Å². The molecule has 0 saturated carbocycles. The summed E-state index contributed by atoms with van der Waals surface area (Å²) in [5.41, 5.74) is 0.306. The first kappa shape index (κ1) is 25.8. The largest absolute Gasteiger partial charge is 0.438 e. The molecule has 1 N–H and O–H groups in total. The first-order valence-corrected chi connectivity index (χ1v) is 11.9. The fraction of sp³-hybridized carbons (Fsp3) is 0.500. The van der Waals surface area contributed by atoms with Gasteiger partial charge in [0, 0.05) is 33.5 Å². The minimum Gasteiger partial charge on any atom is -0.438 e. The molecule has 1 aliphatic heterocycles. The van der Waals surface area contributed by atoms with E-state index in [2.05, 4.69) is 0 Å². The number of amides is 2. The summed E-state index contributed by atoms with van der Waals surface area (Å²) in [6, 6.07) is 17.4. The number of carbonyl (C=O) groups excluding carboxylic acids is 2. The molecule has 0 aliphatic carbocycles. The van der Waals surface area contributed by atoms with Crippen molar-refractivity contribution in [3.63, 3.8) is 0 Å². The van der Waals surface area contributed by atoms with E-state index < -0.39 is 16.6 Å². The standard InChI is InChI=1S/C28H38N2O4/c1-20(21-13-15-22(16-14-21)27(4,5)24(31)29(6)7)30-18-17-28(34-25(30)32,19-26(2,3)33)23-11-9-8-10-12-23/h8-16,20,33H,17-19H2,1-7H3/t20-,28-/m0/s1. The van der Waals surface area contributed by atoms with E-state index in [-0.39, 0.29) is 18.0 Å². The van der Waals surface area contributed by atoms with Crippen molar-refractivity contribution < 1.29 is 19.4 Å². The van der Waals surface area contributed by atoms with Crippen molar-refractivity contribution >= 4 is 12.0 Å². The van der Waals surface area contributed by atoms with E-state index in [9.17, 15) is 14.7 Å². The number of nitrogens with zero attached hydrogens (tertiary/aromatic N) is 2. The molecule has 1 aliphatic rings. The van der Waals surface area contributed by atoms with Crippen LogP contribution in [0.5, 0.6) is 0 Å². The van der Waals surface area contributed by atoms with E-state index in [1.54, 1.807) is 37.7 Å². The summed E-state index contributed by atoms with van der Waals surface area (Å²) in [5.74, 6) is 0.0389. The van der Waals surface area contributed by atoms with Crippen molar-refractivity contribution in [3.05, 3.63) is 71.3 Å². The van der Waals surface area contributed by atoms with Gasteiger partial charge < -0.3 is 19.6 Å². The minimum absolute atomic E-state index is 0.0389. The summed E-state index contributed by atoms with van der Waals surface area (Å²) in [6.07, 6.45) is 0.514. The van der Waals surface area contributed by atoms with Crippen LogP contribution in [0.1, 0.15) is 70.2 Å². The number of rotatable bonds is 7. The smallest absolute Gasteiger partial charge is 0.411 e. The number of hydrogen-bond acceptors (Lipinski definition) is 4. The van der Waals surface area contributed by atoms with Gasteiger partial charge in [-0.15, -0.1) is 0 Å². The topological polar surface area (TPSA) is 70.1 Å². The Kier molecular flexibility index (Phi) is 7.13. The van der Waals surface area contributed by atoms with Crippen LogP contribution in [0.25, 0.3) is 0 Å². The van der Waals surface area contributed by atoms with Crippen LogP contribution in [0.4, 0.5) is 4.79 Å². The van der Waals surface area contributed by atoms with Crippen molar-refractivity contribution in [3.8, 4) is 0 Å². The van der Waals surface area contributed by atoms with Gasteiger partial charge in [0.25, 0.3) is 0 Å². The molecule has 6 nitrogen and oxygen atoms in total. The Morgan fingerprint density at radius 1 is 1.09 bits per heavy atom. The van der Waals surface area contributed by atoms with Crippen molar-refractivity contribution in [1.82, 2.24) is 9.80 Å². The molecule has 6 heteroatoms. The Morgan fingerprint density at radius 3 is 2.18 bits per heavy atom. The lowest BCUT2D eigenvalue weighted by atomic mass is 9.80. The summed E-state index contributed by atoms with van der Waals surface area (Å²) in [6.45, 7) is 9.81. The highest BCUT2D eigenvalue weighted by Gasteiger charge is 2.46. The fourth-order valence-corrected chi connectivity index (χ4v) is 4.93. The van der Waals surface area contributed by atoms with Gasteiger partial charge in [0.2, 0.25) is 5.91 Å². The van der Waals surface area contributed by atoms with Crippen molar-refractivity contribution in [2.75, 3.05) is 20.6 Å².